The molecule has 0 atom stereocenters. The first-order valence-corrected chi connectivity index (χ1v) is 9.85. The van der Waals surface area contributed by atoms with Crippen LogP contribution in [0, 0.1) is 12.3 Å². The zero-order valence-electron chi connectivity index (χ0n) is 15.1. The molecule has 0 aliphatic rings. The van der Waals surface area contributed by atoms with E-state index in [1.165, 1.54) is 11.8 Å². The van der Waals surface area contributed by atoms with Crippen LogP contribution in [-0.4, -0.2) is 37.4 Å². The lowest BCUT2D eigenvalue weighted by molar-refractivity contribution is -0.118. The van der Waals surface area contributed by atoms with Gasteiger partial charge in [0.25, 0.3) is 5.56 Å². The molecular formula is C19H21N5O2S. The van der Waals surface area contributed by atoms with E-state index in [9.17, 15) is 9.59 Å². The molecule has 0 bridgehead atoms. The standard InChI is InChI=1S/C19H21N5O2S/c1-3-5-8-12-23-17(26)14-9-6-7-10-15(14)24-18(23)21-22-19(24)27-13-16(25)20-11-4-2/h2,6-7,9-10H,3,5,8,11-13H2,1H3,(H,20,25). The number of nitrogens with zero attached hydrogens (tertiary/aromatic N) is 4. The number of carbonyl (C=O) groups is 1. The van der Waals surface area contributed by atoms with E-state index in [1.807, 2.05) is 28.7 Å². The third-order valence-corrected chi connectivity index (χ3v) is 5.11. The Labute approximate surface area is 161 Å². The van der Waals surface area contributed by atoms with Gasteiger partial charge in [0.05, 0.1) is 23.2 Å². The van der Waals surface area contributed by atoms with E-state index < -0.39 is 0 Å². The normalized spacial score (nSPS) is 11.0. The molecule has 8 heteroatoms. The van der Waals surface area contributed by atoms with Gasteiger partial charge in [0.15, 0.2) is 5.16 Å². The molecule has 2 heterocycles. The number of terminal acetylenes is 1. The van der Waals surface area contributed by atoms with Gasteiger partial charge in [-0.2, -0.15) is 0 Å². The minimum atomic E-state index is -0.171. The van der Waals surface area contributed by atoms with Crippen molar-refractivity contribution in [3.63, 3.8) is 0 Å². The van der Waals surface area contributed by atoms with Gasteiger partial charge in [-0.3, -0.25) is 18.6 Å². The molecule has 3 rings (SSSR count). The first kappa shape index (κ1) is 19.0. The van der Waals surface area contributed by atoms with Gasteiger partial charge in [-0.1, -0.05) is 49.6 Å². The minimum Gasteiger partial charge on any atom is -0.344 e. The molecule has 0 aliphatic carbocycles. The number of amides is 1. The number of thioether (sulfide) groups is 1. The van der Waals surface area contributed by atoms with Crippen LogP contribution in [0.4, 0.5) is 0 Å². The van der Waals surface area contributed by atoms with Gasteiger partial charge in [-0.25, -0.2) is 0 Å². The Morgan fingerprint density at radius 2 is 2.11 bits per heavy atom. The van der Waals surface area contributed by atoms with Crippen LogP contribution in [0.3, 0.4) is 0 Å². The van der Waals surface area contributed by atoms with E-state index in [2.05, 4.69) is 28.4 Å². The van der Waals surface area contributed by atoms with Gasteiger partial charge < -0.3 is 5.32 Å². The van der Waals surface area contributed by atoms with Crippen LogP contribution in [0.2, 0.25) is 0 Å². The summed E-state index contributed by atoms with van der Waals surface area (Å²) >= 11 is 1.27. The molecule has 27 heavy (non-hydrogen) atoms. The molecule has 0 unspecified atom stereocenters. The van der Waals surface area contributed by atoms with Gasteiger partial charge in [0.2, 0.25) is 11.7 Å². The monoisotopic (exact) mass is 383 g/mol. The first-order chi connectivity index (χ1) is 13.2. The van der Waals surface area contributed by atoms with Crippen molar-refractivity contribution in [2.45, 2.75) is 37.9 Å². The number of carbonyl (C=O) groups excluding carboxylic acids is 1. The number of aromatic nitrogens is 4. The maximum atomic E-state index is 12.9. The highest BCUT2D eigenvalue weighted by atomic mass is 32.2. The van der Waals surface area contributed by atoms with Crippen LogP contribution in [0.5, 0.6) is 0 Å². The van der Waals surface area contributed by atoms with Crippen molar-refractivity contribution in [2.75, 3.05) is 12.3 Å². The molecule has 2 aromatic heterocycles. The minimum absolute atomic E-state index is 0.0649. The number of hydrogen-bond acceptors (Lipinski definition) is 5. The average Bonchev–Trinajstić information content (AvgIpc) is 3.11. The molecule has 0 radical (unpaired) electrons. The highest BCUT2D eigenvalue weighted by Crippen LogP contribution is 2.21. The molecule has 1 amide bonds. The van der Waals surface area contributed by atoms with Gasteiger partial charge >= 0.3 is 0 Å². The van der Waals surface area contributed by atoms with Crippen LogP contribution in [-0.2, 0) is 11.3 Å². The fraction of sp³-hybridized carbons (Fsp3) is 0.368. The van der Waals surface area contributed by atoms with Crippen LogP contribution in [0.25, 0.3) is 16.7 Å². The Balaban J connectivity index is 2.03. The summed E-state index contributed by atoms with van der Waals surface area (Å²) in [6.45, 7) is 2.90. The lowest BCUT2D eigenvalue weighted by atomic mass is 10.2. The van der Waals surface area contributed by atoms with Crippen molar-refractivity contribution in [2.24, 2.45) is 0 Å². The predicted molar refractivity (Wildman–Crippen MR) is 107 cm³/mol. The fourth-order valence-electron chi connectivity index (χ4n) is 2.88. The summed E-state index contributed by atoms with van der Waals surface area (Å²) in [4.78, 5) is 24.8. The SMILES string of the molecule is C#CCNC(=O)CSc1nnc2n(CCCCC)c(=O)c3ccccc3n12. The summed E-state index contributed by atoms with van der Waals surface area (Å²) in [6.07, 6.45) is 8.16. The van der Waals surface area contributed by atoms with E-state index in [0.717, 1.165) is 24.8 Å². The first-order valence-electron chi connectivity index (χ1n) is 8.87. The number of unbranched alkanes of at least 4 members (excludes halogenated alkanes) is 2. The number of rotatable bonds is 8. The largest absolute Gasteiger partial charge is 0.344 e. The molecule has 0 saturated carbocycles. The number of nitrogens with one attached hydrogen (secondary N) is 1. The van der Waals surface area contributed by atoms with Gasteiger partial charge in [-0.15, -0.1) is 16.6 Å². The molecule has 0 aliphatic heterocycles. The van der Waals surface area contributed by atoms with Crippen molar-refractivity contribution in [1.82, 2.24) is 24.5 Å². The highest BCUT2D eigenvalue weighted by molar-refractivity contribution is 7.99. The lowest BCUT2D eigenvalue weighted by Gasteiger charge is -2.11. The van der Waals surface area contributed by atoms with E-state index in [4.69, 9.17) is 6.42 Å². The van der Waals surface area contributed by atoms with E-state index in [1.54, 1.807) is 4.57 Å². The quantitative estimate of drug-likeness (QED) is 0.366. The summed E-state index contributed by atoms with van der Waals surface area (Å²) in [5, 5.41) is 12.3. The second kappa shape index (κ2) is 8.73. The molecule has 0 saturated heterocycles. The topological polar surface area (TPSA) is 81.3 Å². The summed E-state index contributed by atoms with van der Waals surface area (Å²) in [7, 11) is 0. The second-order valence-corrected chi connectivity index (χ2v) is 7.01. The summed E-state index contributed by atoms with van der Waals surface area (Å²) in [6, 6.07) is 7.39. The van der Waals surface area contributed by atoms with Crippen LogP contribution in [0.1, 0.15) is 26.2 Å². The van der Waals surface area contributed by atoms with Gasteiger partial charge in [0.1, 0.15) is 0 Å². The van der Waals surface area contributed by atoms with Crippen molar-refractivity contribution in [3.05, 3.63) is 34.6 Å². The zero-order chi connectivity index (χ0) is 19.2. The molecule has 7 nitrogen and oxygen atoms in total. The van der Waals surface area contributed by atoms with Gasteiger partial charge in [-0.05, 0) is 18.6 Å². The molecule has 140 valence electrons. The molecule has 1 N–H and O–H groups in total. The third-order valence-electron chi connectivity index (χ3n) is 4.18. The Hall–Kier alpha value is -2.79. The summed E-state index contributed by atoms with van der Waals surface area (Å²) in [5.74, 6) is 2.87. The number of fused-ring (bicyclic) bond motifs is 3. The predicted octanol–water partition coefficient (Wildman–Crippen LogP) is 2.08. The molecule has 0 fully saturated rings. The van der Waals surface area contributed by atoms with Crippen LogP contribution < -0.4 is 10.9 Å². The summed E-state index contributed by atoms with van der Waals surface area (Å²) < 4.78 is 3.52. The Bertz CT molecular complexity index is 1060. The van der Waals surface area contributed by atoms with Crippen molar-refractivity contribution in [3.8, 4) is 12.3 Å². The maximum Gasteiger partial charge on any atom is 0.262 e. The number of aryl methyl sites for hydroxylation is 1. The van der Waals surface area contributed by atoms with Crippen molar-refractivity contribution >= 4 is 34.3 Å². The molecular weight excluding hydrogens is 362 g/mol. The van der Waals surface area contributed by atoms with Crippen LogP contribution >= 0.6 is 11.8 Å². The van der Waals surface area contributed by atoms with E-state index >= 15 is 0 Å². The number of para-hydroxylation sites is 1. The molecule has 3 aromatic rings. The smallest absolute Gasteiger partial charge is 0.262 e. The van der Waals surface area contributed by atoms with Crippen molar-refractivity contribution in [1.29, 1.82) is 0 Å². The highest BCUT2D eigenvalue weighted by Gasteiger charge is 2.17. The lowest BCUT2D eigenvalue weighted by Crippen LogP contribution is -2.25. The second-order valence-electron chi connectivity index (χ2n) is 6.07. The summed E-state index contributed by atoms with van der Waals surface area (Å²) in [5.41, 5.74) is 0.672. The third kappa shape index (κ3) is 3.98. The molecule has 0 spiro atoms. The molecule has 1 aromatic carbocycles. The fourth-order valence-corrected chi connectivity index (χ4v) is 3.65. The Morgan fingerprint density at radius 3 is 2.89 bits per heavy atom. The maximum absolute atomic E-state index is 12.9. The van der Waals surface area contributed by atoms with Gasteiger partial charge in [0, 0.05) is 6.54 Å². The van der Waals surface area contributed by atoms with Crippen LogP contribution in [0.15, 0.2) is 34.2 Å². The van der Waals surface area contributed by atoms with Crippen molar-refractivity contribution < 1.29 is 4.79 Å². The zero-order valence-corrected chi connectivity index (χ0v) is 16.0. The number of benzene rings is 1. The number of hydrogen-bond donors (Lipinski definition) is 1. The van der Waals surface area contributed by atoms with E-state index in [0.29, 0.717) is 22.9 Å². The Morgan fingerprint density at radius 1 is 1.30 bits per heavy atom. The average molecular weight is 383 g/mol. The van der Waals surface area contributed by atoms with E-state index in [-0.39, 0.29) is 23.8 Å². The Kier molecular flexibility index (Phi) is 6.14.